The highest BCUT2D eigenvalue weighted by Crippen LogP contribution is 2.36. The van der Waals surface area contributed by atoms with Crippen molar-refractivity contribution >= 4 is 33.2 Å². The number of nitrogens with two attached hydrogens (primary N) is 1. The van der Waals surface area contributed by atoms with E-state index < -0.39 is 0 Å². The van der Waals surface area contributed by atoms with E-state index in [1.807, 2.05) is 20.8 Å². The molecule has 0 fully saturated rings. The predicted molar refractivity (Wildman–Crippen MR) is 107 cm³/mol. The normalized spacial score (nSPS) is 11.2. The number of anilines is 1. The molecule has 0 radical (unpaired) electrons. The fraction of sp³-hybridized carbons (Fsp3) is 0.600. The van der Waals surface area contributed by atoms with E-state index in [0.717, 1.165) is 39.9 Å². The minimum absolute atomic E-state index is 0.318. The maximum atomic E-state index is 12.4. The molecule has 5 heteroatoms. The summed E-state index contributed by atoms with van der Waals surface area (Å²) in [4.78, 5) is 18.3. The molecule has 0 saturated heterocycles. The van der Waals surface area contributed by atoms with Gasteiger partial charge in [0.1, 0.15) is 9.71 Å². The standard InChI is InChI=1S/C20H30N2O2S/c1-5-6-7-8-9-10-11-12-24-20(23)18-17(21)16-14(3)13(2)15(4)22-19(16)25-18/h5-12,21H2,1-4H3. The van der Waals surface area contributed by atoms with E-state index in [4.69, 9.17) is 10.5 Å². The summed E-state index contributed by atoms with van der Waals surface area (Å²) in [5, 5.41) is 0.899. The second-order valence-corrected chi connectivity index (χ2v) is 7.73. The zero-order valence-corrected chi connectivity index (χ0v) is 16.7. The summed E-state index contributed by atoms with van der Waals surface area (Å²) in [5.74, 6) is -0.318. The highest BCUT2D eigenvalue weighted by atomic mass is 32.1. The zero-order valence-electron chi connectivity index (χ0n) is 15.9. The molecule has 0 unspecified atom stereocenters. The van der Waals surface area contributed by atoms with E-state index in [0.29, 0.717) is 17.2 Å². The van der Waals surface area contributed by atoms with Crippen molar-refractivity contribution in [2.24, 2.45) is 0 Å². The van der Waals surface area contributed by atoms with Gasteiger partial charge in [0.05, 0.1) is 12.3 Å². The first-order chi connectivity index (χ1) is 12.0. The van der Waals surface area contributed by atoms with Crippen LogP contribution in [0.2, 0.25) is 0 Å². The number of aryl methyl sites for hydroxylation is 2. The van der Waals surface area contributed by atoms with E-state index >= 15 is 0 Å². The molecule has 2 N–H and O–H groups in total. The number of aromatic nitrogens is 1. The maximum absolute atomic E-state index is 12.4. The molecule has 0 bridgehead atoms. The lowest BCUT2D eigenvalue weighted by Crippen LogP contribution is -2.07. The monoisotopic (exact) mass is 362 g/mol. The molecule has 2 rings (SSSR count). The van der Waals surface area contributed by atoms with Crippen LogP contribution < -0.4 is 5.73 Å². The molecular weight excluding hydrogens is 332 g/mol. The average Bonchev–Trinajstić information content (AvgIpc) is 2.91. The molecule has 0 amide bonds. The number of hydrogen-bond acceptors (Lipinski definition) is 5. The van der Waals surface area contributed by atoms with Crippen LogP contribution in [0.3, 0.4) is 0 Å². The number of carbonyl (C=O) groups excluding carboxylic acids is 1. The van der Waals surface area contributed by atoms with Gasteiger partial charge in [0.2, 0.25) is 0 Å². The van der Waals surface area contributed by atoms with Gasteiger partial charge in [0.25, 0.3) is 0 Å². The number of pyridine rings is 1. The Kier molecular flexibility index (Phi) is 7.24. The van der Waals surface area contributed by atoms with Gasteiger partial charge in [0, 0.05) is 11.1 Å². The highest BCUT2D eigenvalue weighted by Gasteiger charge is 2.21. The fourth-order valence-electron chi connectivity index (χ4n) is 3.01. The zero-order chi connectivity index (χ0) is 18.4. The van der Waals surface area contributed by atoms with Crippen LogP contribution >= 0.6 is 11.3 Å². The molecule has 2 aromatic rings. The Balaban J connectivity index is 1.92. The number of hydrogen-bond donors (Lipinski definition) is 1. The van der Waals surface area contributed by atoms with Gasteiger partial charge in [-0.3, -0.25) is 0 Å². The lowest BCUT2D eigenvalue weighted by molar-refractivity contribution is 0.0504. The van der Waals surface area contributed by atoms with E-state index in [-0.39, 0.29) is 5.97 Å². The predicted octanol–water partition coefficient (Wildman–Crippen LogP) is 5.71. The van der Waals surface area contributed by atoms with Crippen molar-refractivity contribution in [1.29, 1.82) is 0 Å². The number of ether oxygens (including phenoxy) is 1. The summed E-state index contributed by atoms with van der Waals surface area (Å²) in [6.07, 6.45) is 8.39. The van der Waals surface area contributed by atoms with Gasteiger partial charge in [0.15, 0.2) is 0 Å². The molecule has 0 aliphatic heterocycles. The largest absolute Gasteiger partial charge is 0.461 e. The lowest BCUT2D eigenvalue weighted by Gasteiger charge is -2.06. The molecule has 0 aromatic carbocycles. The Labute approximate surface area is 154 Å². The molecule has 0 saturated carbocycles. The Hall–Kier alpha value is -1.62. The number of nitrogens with zero attached hydrogens (tertiary/aromatic N) is 1. The quantitative estimate of drug-likeness (QED) is 0.458. The van der Waals surface area contributed by atoms with Crippen molar-refractivity contribution in [3.8, 4) is 0 Å². The molecule has 138 valence electrons. The van der Waals surface area contributed by atoms with Gasteiger partial charge in [-0.2, -0.15) is 0 Å². The van der Waals surface area contributed by atoms with Gasteiger partial charge >= 0.3 is 5.97 Å². The minimum Gasteiger partial charge on any atom is -0.461 e. The number of nitrogen functional groups attached to an aromatic ring is 1. The molecule has 0 spiro atoms. The molecule has 0 atom stereocenters. The van der Waals surface area contributed by atoms with Crippen LogP contribution in [-0.4, -0.2) is 17.6 Å². The van der Waals surface area contributed by atoms with Crippen molar-refractivity contribution in [2.45, 2.75) is 72.6 Å². The fourth-order valence-corrected chi connectivity index (χ4v) is 4.10. The molecule has 2 aromatic heterocycles. The Morgan fingerprint density at radius 2 is 1.68 bits per heavy atom. The van der Waals surface area contributed by atoms with Gasteiger partial charge < -0.3 is 10.5 Å². The number of rotatable bonds is 9. The third-order valence-corrected chi connectivity index (χ3v) is 5.92. The molecular formula is C20H30N2O2S. The molecule has 4 nitrogen and oxygen atoms in total. The summed E-state index contributed by atoms with van der Waals surface area (Å²) in [5.41, 5.74) is 9.94. The Bertz CT molecular complexity index is 737. The van der Waals surface area contributed by atoms with Crippen LogP contribution in [-0.2, 0) is 4.74 Å². The number of esters is 1. The first kappa shape index (κ1) is 19.7. The van der Waals surface area contributed by atoms with Crippen LogP contribution in [0.25, 0.3) is 10.2 Å². The second kappa shape index (κ2) is 9.18. The highest BCUT2D eigenvalue weighted by molar-refractivity contribution is 7.21. The lowest BCUT2D eigenvalue weighted by atomic mass is 10.1. The van der Waals surface area contributed by atoms with Crippen molar-refractivity contribution in [2.75, 3.05) is 12.3 Å². The summed E-state index contributed by atoms with van der Waals surface area (Å²) in [7, 11) is 0. The minimum atomic E-state index is -0.318. The second-order valence-electron chi connectivity index (χ2n) is 6.73. The molecule has 0 aliphatic carbocycles. The number of thiophene rings is 1. The molecule has 25 heavy (non-hydrogen) atoms. The van der Waals surface area contributed by atoms with Crippen molar-refractivity contribution in [3.63, 3.8) is 0 Å². The smallest absolute Gasteiger partial charge is 0.350 e. The summed E-state index contributed by atoms with van der Waals surface area (Å²) in [6.45, 7) is 8.73. The van der Waals surface area contributed by atoms with Crippen molar-refractivity contribution < 1.29 is 9.53 Å². The number of fused-ring (bicyclic) bond motifs is 1. The number of unbranched alkanes of at least 4 members (excludes halogenated alkanes) is 6. The number of carbonyl (C=O) groups is 1. The van der Waals surface area contributed by atoms with E-state index in [1.165, 1.54) is 43.4 Å². The third-order valence-electron chi connectivity index (χ3n) is 4.84. The summed E-state index contributed by atoms with van der Waals surface area (Å²) in [6, 6.07) is 0. The van der Waals surface area contributed by atoms with Crippen LogP contribution in [0.5, 0.6) is 0 Å². The van der Waals surface area contributed by atoms with Crippen LogP contribution in [0.15, 0.2) is 0 Å². The first-order valence-corrected chi connectivity index (χ1v) is 10.1. The topological polar surface area (TPSA) is 65.2 Å². The van der Waals surface area contributed by atoms with Crippen molar-refractivity contribution in [1.82, 2.24) is 4.98 Å². The summed E-state index contributed by atoms with van der Waals surface area (Å²) < 4.78 is 5.43. The SMILES string of the molecule is CCCCCCCCCOC(=O)c1sc2nc(C)c(C)c(C)c2c1N. The van der Waals surface area contributed by atoms with E-state index in [9.17, 15) is 4.79 Å². The maximum Gasteiger partial charge on any atom is 0.350 e. The van der Waals surface area contributed by atoms with E-state index in [2.05, 4.69) is 11.9 Å². The first-order valence-electron chi connectivity index (χ1n) is 9.30. The molecule has 2 heterocycles. The van der Waals surface area contributed by atoms with Crippen molar-refractivity contribution in [3.05, 3.63) is 21.7 Å². The van der Waals surface area contributed by atoms with Gasteiger partial charge in [-0.05, 0) is 38.3 Å². The molecule has 0 aliphatic rings. The van der Waals surface area contributed by atoms with Crippen LogP contribution in [0.4, 0.5) is 5.69 Å². The average molecular weight is 363 g/mol. The van der Waals surface area contributed by atoms with Crippen LogP contribution in [0, 0.1) is 20.8 Å². The third kappa shape index (κ3) is 4.72. The van der Waals surface area contributed by atoms with Crippen LogP contribution in [0.1, 0.15) is 78.4 Å². The Morgan fingerprint density at radius 1 is 1.04 bits per heavy atom. The van der Waals surface area contributed by atoms with E-state index in [1.54, 1.807) is 0 Å². The Morgan fingerprint density at radius 3 is 2.36 bits per heavy atom. The van der Waals surface area contributed by atoms with Gasteiger partial charge in [-0.25, -0.2) is 9.78 Å². The van der Waals surface area contributed by atoms with Gasteiger partial charge in [-0.15, -0.1) is 11.3 Å². The van der Waals surface area contributed by atoms with Gasteiger partial charge in [-0.1, -0.05) is 45.4 Å². The summed E-state index contributed by atoms with van der Waals surface area (Å²) >= 11 is 1.34.